The Balaban J connectivity index is 1.78. The van der Waals surface area contributed by atoms with Crippen LogP contribution in [0.4, 0.5) is 0 Å². The van der Waals surface area contributed by atoms with Gasteiger partial charge in [0.2, 0.25) is 5.89 Å². The molecule has 2 aromatic rings. The Labute approximate surface area is 128 Å². The number of carbonyl (C=O) groups is 1. The van der Waals surface area contributed by atoms with E-state index in [9.17, 15) is 4.79 Å². The Bertz CT molecular complexity index is 669. The number of likely N-dealkylation sites (tertiary alicyclic amines) is 1. The zero-order chi connectivity index (χ0) is 15.5. The average Bonchev–Trinajstić information content (AvgIpc) is 3.01. The molecule has 0 N–H and O–H groups in total. The molecule has 0 bridgehead atoms. The van der Waals surface area contributed by atoms with Gasteiger partial charge in [0.05, 0.1) is 17.2 Å². The van der Waals surface area contributed by atoms with Crippen LogP contribution in [0.1, 0.15) is 53.5 Å². The summed E-state index contributed by atoms with van der Waals surface area (Å²) in [6.45, 7) is 5.12. The molecule has 2 aromatic heterocycles. The molecule has 1 fully saturated rings. The maximum Gasteiger partial charge on any atom is 0.257 e. The van der Waals surface area contributed by atoms with Crippen LogP contribution < -0.4 is 0 Å². The van der Waals surface area contributed by atoms with Crippen molar-refractivity contribution in [3.8, 4) is 0 Å². The highest BCUT2D eigenvalue weighted by Gasteiger charge is 2.29. The zero-order valence-electron chi connectivity index (χ0n) is 12.8. The number of amides is 1. The van der Waals surface area contributed by atoms with Gasteiger partial charge in [0.1, 0.15) is 6.33 Å². The third kappa shape index (κ3) is 2.84. The van der Waals surface area contributed by atoms with Crippen LogP contribution in [0.15, 0.2) is 17.0 Å². The van der Waals surface area contributed by atoms with E-state index < -0.39 is 0 Å². The van der Waals surface area contributed by atoms with E-state index in [1.54, 1.807) is 13.1 Å². The Morgan fingerprint density at radius 2 is 2.36 bits per heavy atom. The lowest BCUT2D eigenvalue weighted by Gasteiger charge is -2.31. The van der Waals surface area contributed by atoms with Gasteiger partial charge in [-0.1, -0.05) is 12.1 Å². The van der Waals surface area contributed by atoms with Crippen LogP contribution in [0.2, 0.25) is 0 Å². The summed E-state index contributed by atoms with van der Waals surface area (Å²) in [4.78, 5) is 27.1. The van der Waals surface area contributed by atoms with Crippen LogP contribution in [0.5, 0.6) is 0 Å². The van der Waals surface area contributed by atoms with Crippen molar-refractivity contribution >= 4 is 5.91 Å². The Kier molecular flexibility index (Phi) is 4.13. The van der Waals surface area contributed by atoms with Crippen LogP contribution in [-0.2, 0) is 6.42 Å². The SMILES string of the molecule is CCc1ncncc1C(=O)N1CCC[C@H](c2nc(C)no2)C1. The van der Waals surface area contributed by atoms with Gasteiger partial charge >= 0.3 is 0 Å². The fourth-order valence-corrected chi connectivity index (χ4v) is 2.83. The molecule has 0 radical (unpaired) electrons. The van der Waals surface area contributed by atoms with Gasteiger partial charge in [-0.05, 0) is 26.2 Å². The third-order valence-electron chi connectivity index (χ3n) is 3.96. The number of carbonyl (C=O) groups excluding carboxylic acids is 1. The molecule has 1 saturated heterocycles. The summed E-state index contributed by atoms with van der Waals surface area (Å²) < 4.78 is 5.26. The third-order valence-corrected chi connectivity index (χ3v) is 3.96. The molecule has 22 heavy (non-hydrogen) atoms. The van der Waals surface area contributed by atoms with Crippen molar-refractivity contribution in [2.24, 2.45) is 0 Å². The molecule has 1 aliphatic rings. The molecule has 0 spiro atoms. The van der Waals surface area contributed by atoms with Gasteiger partial charge in [-0.15, -0.1) is 0 Å². The predicted octanol–water partition coefficient (Wildman–Crippen LogP) is 1.75. The first kappa shape index (κ1) is 14.6. The van der Waals surface area contributed by atoms with Gasteiger partial charge in [-0.3, -0.25) is 4.79 Å². The lowest BCUT2D eigenvalue weighted by molar-refractivity contribution is 0.0693. The van der Waals surface area contributed by atoms with Gasteiger partial charge in [0, 0.05) is 19.3 Å². The van der Waals surface area contributed by atoms with Gasteiger partial charge in [0.25, 0.3) is 5.91 Å². The molecular formula is C15H19N5O2. The summed E-state index contributed by atoms with van der Waals surface area (Å²) >= 11 is 0. The Morgan fingerprint density at radius 1 is 1.50 bits per heavy atom. The highest BCUT2D eigenvalue weighted by Crippen LogP contribution is 2.26. The minimum absolute atomic E-state index is 0.0154. The maximum atomic E-state index is 12.7. The first-order valence-corrected chi connectivity index (χ1v) is 7.57. The molecular weight excluding hydrogens is 282 g/mol. The standard InChI is InChI=1S/C15H19N5O2/c1-3-13-12(7-16-9-17-13)15(21)20-6-4-5-11(8-20)14-18-10(2)19-22-14/h7,9,11H,3-6,8H2,1-2H3/t11-/m0/s1. The Hall–Kier alpha value is -2.31. The fourth-order valence-electron chi connectivity index (χ4n) is 2.83. The first-order valence-electron chi connectivity index (χ1n) is 7.57. The molecule has 1 atom stereocenters. The minimum atomic E-state index is -0.0154. The molecule has 3 rings (SSSR count). The minimum Gasteiger partial charge on any atom is -0.339 e. The van der Waals surface area contributed by atoms with E-state index in [-0.39, 0.29) is 11.8 Å². The lowest BCUT2D eigenvalue weighted by Crippen LogP contribution is -2.39. The first-order chi connectivity index (χ1) is 10.7. The molecule has 0 aliphatic carbocycles. The fraction of sp³-hybridized carbons (Fsp3) is 0.533. The molecule has 0 saturated carbocycles. The van der Waals surface area contributed by atoms with Gasteiger partial charge < -0.3 is 9.42 Å². The van der Waals surface area contributed by atoms with E-state index in [1.165, 1.54) is 6.33 Å². The number of nitrogens with zero attached hydrogens (tertiary/aromatic N) is 5. The summed E-state index contributed by atoms with van der Waals surface area (Å²) in [6.07, 6.45) is 5.68. The van der Waals surface area contributed by atoms with Crippen LogP contribution in [0, 0.1) is 6.92 Å². The predicted molar refractivity (Wildman–Crippen MR) is 78.3 cm³/mol. The van der Waals surface area contributed by atoms with Crippen LogP contribution in [-0.4, -0.2) is 44.0 Å². The van der Waals surface area contributed by atoms with E-state index in [2.05, 4.69) is 20.1 Å². The zero-order valence-corrected chi connectivity index (χ0v) is 12.8. The summed E-state index contributed by atoms with van der Waals surface area (Å²) in [7, 11) is 0. The smallest absolute Gasteiger partial charge is 0.257 e. The summed E-state index contributed by atoms with van der Waals surface area (Å²) in [5.74, 6) is 1.34. The van der Waals surface area contributed by atoms with Crippen LogP contribution in [0.25, 0.3) is 0 Å². The van der Waals surface area contributed by atoms with Gasteiger partial charge in [0.15, 0.2) is 5.82 Å². The van der Waals surface area contributed by atoms with Crippen LogP contribution in [0.3, 0.4) is 0 Å². The van der Waals surface area contributed by atoms with Gasteiger partial charge in [-0.2, -0.15) is 4.98 Å². The quantitative estimate of drug-likeness (QED) is 0.858. The van der Waals surface area contributed by atoms with E-state index >= 15 is 0 Å². The highest BCUT2D eigenvalue weighted by molar-refractivity contribution is 5.95. The monoisotopic (exact) mass is 301 g/mol. The summed E-state index contributed by atoms with van der Waals surface area (Å²) in [5.41, 5.74) is 1.38. The Morgan fingerprint density at radius 3 is 3.09 bits per heavy atom. The molecule has 0 aromatic carbocycles. The van der Waals surface area contributed by atoms with E-state index in [0.29, 0.717) is 30.2 Å². The second-order valence-corrected chi connectivity index (χ2v) is 5.51. The number of hydrogen-bond acceptors (Lipinski definition) is 6. The van der Waals surface area contributed by atoms with E-state index in [4.69, 9.17) is 4.52 Å². The number of piperidine rings is 1. The molecule has 1 aliphatic heterocycles. The second-order valence-electron chi connectivity index (χ2n) is 5.51. The molecule has 1 amide bonds. The number of aryl methyl sites for hydroxylation is 2. The molecule has 7 heteroatoms. The second kappa shape index (κ2) is 6.21. The number of aromatic nitrogens is 4. The van der Waals surface area contributed by atoms with Crippen molar-refractivity contribution < 1.29 is 9.32 Å². The van der Waals surface area contributed by atoms with Crippen molar-refractivity contribution in [1.82, 2.24) is 25.0 Å². The van der Waals surface area contributed by atoms with E-state index in [1.807, 2.05) is 11.8 Å². The van der Waals surface area contributed by atoms with E-state index in [0.717, 1.165) is 25.1 Å². The topological polar surface area (TPSA) is 85.0 Å². The normalized spacial score (nSPS) is 18.5. The van der Waals surface area contributed by atoms with Crippen molar-refractivity contribution in [2.45, 2.75) is 39.0 Å². The summed E-state index contributed by atoms with van der Waals surface area (Å²) in [6, 6.07) is 0. The van der Waals surface area contributed by atoms with Crippen molar-refractivity contribution in [3.05, 3.63) is 35.5 Å². The number of rotatable bonds is 3. The highest BCUT2D eigenvalue weighted by atomic mass is 16.5. The average molecular weight is 301 g/mol. The van der Waals surface area contributed by atoms with Crippen molar-refractivity contribution in [1.29, 1.82) is 0 Å². The summed E-state index contributed by atoms with van der Waals surface area (Å²) in [5, 5.41) is 3.84. The molecule has 116 valence electrons. The number of hydrogen-bond donors (Lipinski definition) is 0. The maximum absolute atomic E-state index is 12.7. The van der Waals surface area contributed by atoms with Crippen LogP contribution >= 0.6 is 0 Å². The largest absolute Gasteiger partial charge is 0.339 e. The molecule has 7 nitrogen and oxygen atoms in total. The molecule has 0 unspecified atom stereocenters. The van der Waals surface area contributed by atoms with Crippen molar-refractivity contribution in [2.75, 3.05) is 13.1 Å². The molecule has 3 heterocycles. The van der Waals surface area contributed by atoms with Gasteiger partial charge in [-0.25, -0.2) is 9.97 Å². The lowest BCUT2D eigenvalue weighted by atomic mass is 9.97. The van der Waals surface area contributed by atoms with Crippen molar-refractivity contribution in [3.63, 3.8) is 0 Å².